The maximum Gasteiger partial charge on any atom is 0.166 e. The number of quaternary nitrogens is 1. The van der Waals surface area contributed by atoms with Gasteiger partial charge in [0, 0.05) is 25.0 Å². The van der Waals surface area contributed by atoms with E-state index in [1.807, 2.05) is 30.6 Å². The largest absolute Gasteiger partial charge is 0.422 e. The van der Waals surface area contributed by atoms with Crippen LogP contribution in [0.3, 0.4) is 0 Å². The molecule has 0 spiro atoms. The second kappa shape index (κ2) is 28.9. The first-order chi connectivity index (χ1) is 17.2. The number of H-pyrrole nitrogens is 1. The molecule has 1 N–H and O–H groups in total. The quantitative estimate of drug-likeness (QED) is 0.147. The predicted octanol–water partition coefficient (Wildman–Crippen LogP) is 6.46. The number of pyridine rings is 1. The van der Waals surface area contributed by atoms with Gasteiger partial charge in [0.15, 0.2) is 12.4 Å². The molecule has 1 aromatic rings. The first-order valence-electron chi connectivity index (χ1n) is 12.9. The molecule has 192 valence electrons. The summed E-state index contributed by atoms with van der Waals surface area (Å²) in [6, 6.07) is 8.42. The van der Waals surface area contributed by atoms with E-state index in [0.717, 1.165) is 0 Å². The molecule has 0 atom stereocenters. The Labute approximate surface area is 213 Å². The van der Waals surface area contributed by atoms with Crippen molar-refractivity contribution < 1.29 is 9.47 Å². The molecule has 1 fully saturated rings. The minimum atomic E-state index is 1.28. The number of aromatic amines is 1. The Morgan fingerprint density at radius 2 is 1.20 bits per heavy atom. The van der Waals surface area contributed by atoms with E-state index in [1.54, 1.807) is 0 Å². The van der Waals surface area contributed by atoms with Gasteiger partial charge in [-0.25, -0.2) is 4.98 Å². The Kier molecular flexibility index (Phi) is 28.1. The molecule has 8 heteroatoms. The molecule has 2 rings (SSSR count). The van der Waals surface area contributed by atoms with Crippen LogP contribution in [0.15, 0.2) is 40.6 Å². The van der Waals surface area contributed by atoms with Crippen LogP contribution in [0, 0.1) is 22.9 Å². The van der Waals surface area contributed by atoms with Crippen LogP contribution >= 0.6 is 0 Å². The van der Waals surface area contributed by atoms with E-state index in [-0.39, 0.29) is 0 Å². The number of nitrogens with zero attached hydrogens (tertiary/aromatic N) is 7. The van der Waals surface area contributed by atoms with Gasteiger partial charge >= 0.3 is 0 Å². The maximum absolute atomic E-state index is 7.43. The molecule has 2 heterocycles. The highest BCUT2D eigenvalue weighted by molar-refractivity contribution is 5.46. The van der Waals surface area contributed by atoms with E-state index in [2.05, 4.69) is 28.8 Å². The highest BCUT2D eigenvalue weighted by Gasteiger charge is 2.28. The zero-order chi connectivity index (χ0) is 26.3. The lowest BCUT2D eigenvalue weighted by atomic mass is 10.1. The molecule has 1 saturated heterocycles. The lowest BCUT2D eigenvalue weighted by Crippen LogP contribution is -2.45. The van der Waals surface area contributed by atoms with E-state index < -0.39 is 0 Å². The van der Waals surface area contributed by atoms with Crippen LogP contribution in [0.25, 0.3) is 10.8 Å². The Morgan fingerprint density at radius 3 is 1.49 bits per heavy atom. The normalized spacial score (nSPS) is 12.2. The molecule has 0 unspecified atom stereocenters. The lowest BCUT2D eigenvalue weighted by molar-refractivity contribution is -0.915. The Morgan fingerprint density at radius 1 is 0.743 bits per heavy atom. The van der Waals surface area contributed by atoms with Gasteiger partial charge in [0.1, 0.15) is 0 Å². The van der Waals surface area contributed by atoms with Crippen molar-refractivity contribution in [1.29, 1.82) is 10.5 Å². The molecule has 0 saturated carbocycles. The van der Waals surface area contributed by atoms with Gasteiger partial charge in [-0.05, 0) is 19.8 Å². The van der Waals surface area contributed by atoms with Crippen LogP contribution in [0.4, 0.5) is 0 Å². The number of aliphatic imine (C=N–C) groups is 2. The van der Waals surface area contributed by atoms with Gasteiger partial charge in [0.2, 0.25) is 0 Å². The van der Waals surface area contributed by atoms with E-state index in [0.29, 0.717) is 0 Å². The van der Waals surface area contributed by atoms with Gasteiger partial charge in [-0.2, -0.15) is 10.5 Å². The highest BCUT2D eigenvalue weighted by atomic mass is 15.4. The van der Waals surface area contributed by atoms with E-state index in [1.165, 1.54) is 132 Å². The van der Waals surface area contributed by atoms with E-state index in [9.17, 15) is 0 Å². The summed E-state index contributed by atoms with van der Waals surface area (Å²) >= 11 is 0. The second-order valence-corrected chi connectivity index (χ2v) is 8.42. The third kappa shape index (κ3) is 25.3. The minimum Gasteiger partial charge on any atom is -0.422 e. The van der Waals surface area contributed by atoms with Crippen LogP contribution < -0.4 is 4.98 Å². The Balaban J connectivity index is 0. The minimum absolute atomic E-state index is 1.28. The van der Waals surface area contributed by atoms with Crippen LogP contribution in [0.2, 0.25) is 0 Å². The summed E-state index contributed by atoms with van der Waals surface area (Å²) in [5, 5.41) is 29.7. The van der Waals surface area contributed by atoms with Gasteiger partial charge < -0.3 is 25.3 Å². The molecule has 8 nitrogen and oxygen atoms in total. The second-order valence-electron chi connectivity index (χ2n) is 8.42. The average Bonchev–Trinajstić information content (AvgIpc) is 3.38. The number of nitriles is 2. The SMILES string of the molecule is CCCCCCCCCCCC[N+]1(CC)CCCC1.N#CN=C=[N-].N#CN=C=[N-].c1cc[nH+]cc1. The van der Waals surface area contributed by atoms with Crippen molar-refractivity contribution in [2.75, 3.05) is 26.2 Å². The first-order valence-corrected chi connectivity index (χ1v) is 12.9. The van der Waals surface area contributed by atoms with Crippen molar-refractivity contribution >= 4 is 12.0 Å². The van der Waals surface area contributed by atoms with Crippen molar-refractivity contribution in [3.63, 3.8) is 0 Å². The topological polar surface area (TPSA) is 131 Å². The fraction of sp³-hybridized carbons (Fsp3) is 0.667. The zero-order valence-electron chi connectivity index (χ0n) is 21.8. The summed E-state index contributed by atoms with van der Waals surface area (Å²) in [6.07, 6.45) is 23.9. The zero-order valence-corrected chi connectivity index (χ0v) is 21.8. The molecular weight excluding hydrogens is 436 g/mol. The van der Waals surface area contributed by atoms with Crippen LogP contribution in [-0.2, 0) is 0 Å². The molecule has 1 aliphatic heterocycles. The monoisotopic (exact) mass is 480 g/mol. The average molecular weight is 481 g/mol. The Hall–Kier alpha value is -3.15. The lowest BCUT2D eigenvalue weighted by Gasteiger charge is -2.33. The standard InChI is InChI=1S/C18H38N.C5H5N.2C2N3/c1-3-5-6-7-8-9-10-11-12-13-16-19(4-2)17-14-15-18-19;1-2-4-6-5-3-1;2*3-1-5-2-4/h3-18H2,1-2H3;1-5H;;/q+1;;2*-1/p+1. The third-order valence-corrected chi connectivity index (χ3v) is 5.98. The van der Waals surface area contributed by atoms with Crippen molar-refractivity contribution in [3.8, 4) is 12.4 Å². The van der Waals surface area contributed by atoms with Crippen LogP contribution in [0.5, 0.6) is 0 Å². The summed E-state index contributed by atoms with van der Waals surface area (Å²) in [5.41, 5.74) is 0. The van der Waals surface area contributed by atoms with E-state index >= 15 is 0 Å². The molecular formula is C27H44N8. The fourth-order valence-corrected chi connectivity index (χ4v) is 4.03. The van der Waals surface area contributed by atoms with Gasteiger partial charge in [-0.15, -0.1) is 12.0 Å². The summed E-state index contributed by atoms with van der Waals surface area (Å²) in [4.78, 5) is 8.06. The molecule has 1 aliphatic rings. The predicted molar refractivity (Wildman–Crippen MR) is 142 cm³/mol. The summed E-state index contributed by atoms with van der Waals surface area (Å²) in [5.74, 6) is 0. The summed E-state index contributed by atoms with van der Waals surface area (Å²) < 4.78 is 1.44. The Bertz CT molecular complexity index is 693. The number of nitrogens with one attached hydrogen (secondary N) is 1. The van der Waals surface area contributed by atoms with Crippen LogP contribution in [0.1, 0.15) is 90.9 Å². The highest BCUT2D eigenvalue weighted by Crippen LogP contribution is 2.20. The van der Waals surface area contributed by atoms with Gasteiger partial charge in [-0.1, -0.05) is 64.4 Å². The summed E-state index contributed by atoms with van der Waals surface area (Å²) in [6.45, 7) is 10.5. The number of hydrogen-bond donors (Lipinski definition) is 0. The molecule has 1 aromatic heterocycles. The molecule has 35 heavy (non-hydrogen) atoms. The van der Waals surface area contributed by atoms with E-state index in [4.69, 9.17) is 21.3 Å². The molecule has 0 radical (unpaired) electrons. The van der Waals surface area contributed by atoms with Crippen molar-refractivity contribution in [3.05, 3.63) is 41.4 Å². The number of unbranched alkanes of at least 4 members (excludes halogenated alkanes) is 9. The van der Waals surface area contributed by atoms with Crippen molar-refractivity contribution in [1.82, 2.24) is 0 Å². The third-order valence-electron chi connectivity index (χ3n) is 5.98. The number of hydrogen-bond acceptors (Lipinski definition) is 4. The number of rotatable bonds is 12. The molecule has 0 amide bonds. The molecule has 0 aromatic carbocycles. The molecule has 0 aliphatic carbocycles. The molecule has 0 bridgehead atoms. The number of aromatic nitrogens is 1. The van der Waals surface area contributed by atoms with Crippen molar-refractivity contribution in [2.24, 2.45) is 9.98 Å². The van der Waals surface area contributed by atoms with Gasteiger partial charge in [0.25, 0.3) is 0 Å². The smallest absolute Gasteiger partial charge is 0.166 e. The van der Waals surface area contributed by atoms with Crippen LogP contribution in [-0.4, -0.2) is 42.7 Å². The van der Waals surface area contributed by atoms with Gasteiger partial charge in [-0.3, -0.25) is 0 Å². The first kappa shape index (κ1) is 34.0. The summed E-state index contributed by atoms with van der Waals surface area (Å²) in [7, 11) is 0. The maximum atomic E-state index is 7.43. The van der Waals surface area contributed by atoms with Crippen molar-refractivity contribution in [2.45, 2.75) is 90.9 Å². The fourth-order valence-electron chi connectivity index (χ4n) is 4.03. The van der Waals surface area contributed by atoms with Gasteiger partial charge in [0.05, 0.1) is 38.6 Å². The number of likely N-dealkylation sites (tertiary alicyclic amines) is 1.